The summed E-state index contributed by atoms with van der Waals surface area (Å²) in [4.78, 5) is 45.5. The zero-order chi connectivity index (χ0) is 25.3. The van der Waals surface area contributed by atoms with Crippen LogP contribution in [0.25, 0.3) is 0 Å². The highest BCUT2D eigenvalue weighted by Gasteiger charge is 2.21. The van der Waals surface area contributed by atoms with Gasteiger partial charge in [0.25, 0.3) is 5.78 Å². The molecule has 6 nitrogen and oxygen atoms in total. The number of hydrogen-bond acceptors (Lipinski definition) is 6. The first-order chi connectivity index (χ1) is 16.5. The molecule has 0 amide bonds. The maximum atomic E-state index is 11.6. The Hall–Kier alpha value is -3.28. The third-order valence-corrected chi connectivity index (χ3v) is 4.15. The molecule has 0 saturated carbocycles. The van der Waals surface area contributed by atoms with Gasteiger partial charge in [-0.1, -0.05) is 79.8 Å². The molecule has 0 aromatic carbocycles. The predicted octanol–water partition coefficient (Wildman–Crippen LogP) is 6.06. The van der Waals surface area contributed by atoms with Crippen LogP contribution in [0.3, 0.4) is 0 Å². The van der Waals surface area contributed by atoms with Crippen molar-refractivity contribution in [2.24, 2.45) is 0 Å². The van der Waals surface area contributed by atoms with Gasteiger partial charge in [0, 0.05) is 6.42 Å². The molecule has 34 heavy (non-hydrogen) atoms. The topological polar surface area (TPSA) is 86.7 Å². The predicted molar refractivity (Wildman–Crippen MR) is 135 cm³/mol. The second-order valence-corrected chi connectivity index (χ2v) is 7.12. The molecule has 0 bridgehead atoms. The van der Waals surface area contributed by atoms with Gasteiger partial charge in [0.05, 0.1) is 6.61 Å². The normalized spacial score (nSPS) is 12.2. The lowest BCUT2D eigenvalue weighted by Gasteiger charge is -2.02. The van der Waals surface area contributed by atoms with Crippen LogP contribution < -0.4 is 0 Å². The van der Waals surface area contributed by atoms with Gasteiger partial charge < -0.3 is 9.47 Å². The summed E-state index contributed by atoms with van der Waals surface area (Å²) in [6.45, 7) is 3.71. The summed E-state index contributed by atoms with van der Waals surface area (Å²) >= 11 is 0. The highest BCUT2D eigenvalue weighted by atomic mass is 16.6. The number of esters is 3. The van der Waals surface area contributed by atoms with Crippen LogP contribution in [0.2, 0.25) is 0 Å². The van der Waals surface area contributed by atoms with Crippen LogP contribution in [0.15, 0.2) is 72.9 Å². The summed E-state index contributed by atoms with van der Waals surface area (Å²) in [7, 11) is 0. The van der Waals surface area contributed by atoms with Crippen LogP contribution in [-0.2, 0) is 28.7 Å². The van der Waals surface area contributed by atoms with Crippen LogP contribution in [0, 0.1) is 0 Å². The van der Waals surface area contributed by atoms with Gasteiger partial charge in [-0.15, -0.1) is 0 Å². The molecule has 0 aromatic rings. The third-order valence-electron chi connectivity index (χ3n) is 4.15. The van der Waals surface area contributed by atoms with Crippen molar-refractivity contribution in [1.82, 2.24) is 0 Å². The molecule has 0 aliphatic rings. The molecule has 0 spiro atoms. The van der Waals surface area contributed by atoms with E-state index in [0.717, 1.165) is 38.5 Å². The molecule has 0 heterocycles. The van der Waals surface area contributed by atoms with Gasteiger partial charge in [0.1, 0.15) is 6.42 Å². The second-order valence-electron chi connectivity index (χ2n) is 7.12. The maximum Gasteiger partial charge on any atom is 0.375 e. The number of Topliss-reactive ketones (excluding diaryl/α,β-unsaturated/α-hetero) is 1. The van der Waals surface area contributed by atoms with E-state index in [9.17, 15) is 19.2 Å². The largest absolute Gasteiger partial charge is 0.460 e. The van der Waals surface area contributed by atoms with Crippen molar-refractivity contribution in [3.8, 4) is 0 Å². The molecule has 0 aliphatic carbocycles. The molecular formula is C28H38O6. The van der Waals surface area contributed by atoms with E-state index in [1.807, 2.05) is 18.2 Å². The molecule has 6 heteroatoms. The fourth-order valence-electron chi connectivity index (χ4n) is 2.47. The first-order valence-corrected chi connectivity index (χ1v) is 11.8. The van der Waals surface area contributed by atoms with Gasteiger partial charge in [-0.25, -0.2) is 4.79 Å². The van der Waals surface area contributed by atoms with Crippen molar-refractivity contribution >= 4 is 23.7 Å². The number of ether oxygens (including phenoxy) is 2. The zero-order valence-corrected chi connectivity index (χ0v) is 20.4. The molecule has 0 radical (unpaired) electrons. The Morgan fingerprint density at radius 3 is 1.47 bits per heavy atom. The van der Waals surface area contributed by atoms with Crippen molar-refractivity contribution in [2.45, 2.75) is 71.6 Å². The van der Waals surface area contributed by atoms with Crippen molar-refractivity contribution in [3.05, 3.63) is 72.9 Å². The molecule has 0 saturated heterocycles. The van der Waals surface area contributed by atoms with Crippen LogP contribution >= 0.6 is 0 Å². The number of carbonyl (C=O) groups is 4. The molecule has 0 unspecified atom stereocenters. The molecule has 186 valence electrons. The second kappa shape index (κ2) is 22.9. The molecule has 0 N–H and O–H groups in total. The van der Waals surface area contributed by atoms with Crippen molar-refractivity contribution < 1.29 is 28.7 Å². The molecule has 0 rings (SSSR count). The lowest BCUT2D eigenvalue weighted by atomic mass is 10.2. The summed E-state index contributed by atoms with van der Waals surface area (Å²) < 4.78 is 8.99. The number of hydrogen-bond donors (Lipinski definition) is 0. The summed E-state index contributed by atoms with van der Waals surface area (Å²) in [5.41, 5.74) is 0. The third kappa shape index (κ3) is 20.6. The Morgan fingerprint density at radius 1 is 0.588 bits per heavy atom. The smallest absolute Gasteiger partial charge is 0.375 e. The Morgan fingerprint density at radius 2 is 1.03 bits per heavy atom. The Bertz CT molecular complexity index is 781. The van der Waals surface area contributed by atoms with E-state index >= 15 is 0 Å². The quantitative estimate of drug-likeness (QED) is 0.105. The van der Waals surface area contributed by atoms with Gasteiger partial charge in [-0.2, -0.15) is 0 Å². The minimum atomic E-state index is -1.11. The first-order valence-electron chi connectivity index (χ1n) is 11.8. The highest BCUT2D eigenvalue weighted by Crippen LogP contribution is 2.00. The first kappa shape index (κ1) is 30.7. The van der Waals surface area contributed by atoms with Crippen LogP contribution in [0.5, 0.6) is 0 Å². The summed E-state index contributed by atoms with van der Waals surface area (Å²) in [5, 5.41) is 0. The molecule has 0 atom stereocenters. The number of rotatable bonds is 18. The van der Waals surface area contributed by atoms with Crippen molar-refractivity contribution in [3.63, 3.8) is 0 Å². The monoisotopic (exact) mass is 470 g/mol. The van der Waals surface area contributed by atoms with Crippen LogP contribution in [0.4, 0.5) is 0 Å². The highest BCUT2D eigenvalue weighted by molar-refractivity contribution is 6.36. The molecule has 0 aromatic heterocycles. The van der Waals surface area contributed by atoms with Gasteiger partial charge in [0.15, 0.2) is 0 Å². The summed E-state index contributed by atoms with van der Waals surface area (Å²) in [6, 6.07) is 0. The minimum Gasteiger partial charge on any atom is -0.460 e. The molecule has 0 fully saturated rings. The van der Waals surface area contributed by atoms with E-state index in [1.165, 1.54) is 0 Å². The number of ketones is 1. The van der Waals surface area contributed by atoms with Gasteiger partial charge in [-0.05, 0) is 51.9 Å². The van der Waals surface area contributed by atoms with E-state index < -0.39 is 30.1 Å². The van der Waals surface area contributed by atoms with Gasteiger partial charge >= 0.3 is 17.9 Å². The standard InChI is InChI=1S/C28H38O6/c1-3-5-6-7-8-9-10-11-12-13-14-15-16-17-18-19-20-21-22-23-26(30)34-27(31)24-25(29)28(32)33-4-2/h5-6,8-9,11-12,14-15,17-18,20-21H,3-4,7,10,13,16,19,22-24H2,1-2H3/b6-5-,9-8-,12-11-,15-14-,18-17-,21-20-. The Kier molecular flexibility index (Phi) is 20.7. The SMILES string of the molecule is CC/C=C\C/C=C\C/C=C\C/C=C\C/C=C\C/C=C\CCC(=O)OC(=O)CC(=O)C(=O)OCC. The number of allylic oxidation sites excluding steroid dienone is 12. The fourth-order valence-corrected chi connectivity index (χ4v) is 2.47. The van der Waals surface area contributed by atoms with Crippen LogP contribution in [0.1, 0.15) is 71.6 Å². The molecule has 0 aliphatic heterocycles. The maximum absolute atomic E-state index is 11.6. The lowest BCUT2D eigenvalue weighted by molar-refractivity contribution is -0.163. The average Bonchev–Trinajstić information content (AvgIpc) is 2.80. The van der Waals surface area contributed by atoms with Gasteiger partial charge in [-0.3, -0.25) is 14.4 Å². The molecular weight excluding hydrogens is 432 g/mol. The Balaban J connectivity index is 3.79. The van der Waals surface area contributed by atoms with E-state index in [4.69, 9.17) is 0 Å². The summed E-state index contributed by atoms with van der Waals surface area (Å²) in [5.74, 6) is -3.92. The van der Waals surface area contributed by atoms with E-state index in [1.54, 1.807) is 6.92 Å². The minimum absolute atomic E-state index is 0.0154. The fraction of sp³-hybridized carbons (Fsp3) is 0.429. The van der Waals surface area contributed by atoms with E-state index in [-0.39, 0.29) is 13.0 Å². The lowest BCUT2D eigenvalue weighted by Crippen LogP contribution is -2.23. The van der Waals surface area contributed by atoms with Crippen molar-refractivity contribution in [2.75, 3.05) is 6.61 Å². The average molecular weight is 471 g/mol. The van der Waals surface area contributed by atoms with Crippen LogP contribution in [-0.4, -0.2) is 30.3 Å². The van der Waals surface area contributed by atoms with E-state index in [0.29, 0.717) is 6.42 Å². The van der Waals surface area contributed by atoms with Crippen molar-refractivity contribution in [1.29, 1.82) is 0 Å². The van der Waals surface area contributed by atoms with E-state index in [2.05, 4.69) is 71.1 Å². The Labute approximate surface area is 203 Å². The summed E-state index contributed by atoms with van der Waals surface area (Å²) in [6.07, 6.45) is 30.4. The van der Waals surface area contributed by atoms with Gasteiger partial charge in [0.2, 0.25) is 0 Å². The zero-order valence-electron chi connectivity index (χ0n) is 20.4. The number of carbonyl (C=O) groups excluding carboxylic acids is 4.